The standard InChI is InChI=1S/C26H38N4O4/c1-6-13-33-26-24-20(7-8-21(24)22(16-34-26)25(31)32-5)14-29-9-11-30(12-10-29)15-23-19(4)27-17(2)18(3)28-23/h7,16,21,24,26H,6,8-15H2,1-5H3. The summed E-state index contributed by atoms with van der Waals surface area (Å²) in [5.41, 5.74) is 6.05. The maximum atomic E-state index is 12.3. The second-order valence-corrected chi connectivity index (χ2v) is 9.57. The van der Waals surface area contributed by atoms with E-state index in [1.807, 2.05) is 20.8 Å². The molecule has 2 aliphatic heterocycles. The van der Waals surface area contributed by atoms with Gasteiger partial charge in [0.1, 0.15) is 0 Å². The lowest BCUT2D eigenvalue weighted by molar-refractivity contribution is -0.155. The van der Waals surface area contributed by atoms with Gasteiger partial charge in [-0.3, -0.25) is 19.8 Å². The fraction of sp³-hybridized carbons (Fsp3) is 0.654. The molecule has 186 valence electrons. The first-order valence-corrected chi connectivity index (χ1v) is 12.4. The molecule has 1 fully saturated rings. The van der Waals surface area contributed by atoms with Crippen LogP contribution in [-0.4, -0.2) is 78.5 Å². The number of carbonyl (C=O) groups excluding carboxylic acids is 1. The Morgan fingerprint density at radius 3 is 2.41 bits per heavy atom. The van der Waals surface area contributed by atoms with Crippen LogP contribution in [0.5, 0.6) is 0 Å². The highest BCUT2D eigenvalue weighted by atomic mass is 16.7. The highest BCUT2D eigenvalue weighted by molar-refractivity contribution is 5.89. The molecule has 0 aromatic carbocycles. The van der Waals surface area contributed by atoms with Gasteiger partial charge >= 0.3 is 5.97 Å². The van der Waals surface area contributed by atoms with E-state index >= 15 is 0 Å². The summed E-state index contributed by atoms with van der Waals surface area (Å²) in [7, 11) is 1.42. The van der Waals surface area contributed by atoms with Crippen LogP contribution in [0.4, 0.5) is 0 Å². The Hall–Kier alpha value is -2.29. The molecule has 34 heavy (non-hydrogen) atoms. The van der Waals surface area contributed by atoms with Crippen molar-refractivity contribution in [2.45, 2.75) is 53.4 Å². The number of methoxy groups -OCH3 is 1. The van der Waals surface area contributed by atoms with E-state index in [-0.39, 0.29) is 24.1 Å². The first kappa shape index (κ1) is 24.8. The van der Waals surface area contributed by atoms with Gasteiger partial charge in [0.05, 0.1) is 54.2 Å². The van der Waals surface area contributed by atoms with Crippen molar-refractivity contribution in [2.24, 2.45) is 11.8 Å². The molecule has 1 aromatic heterocycles. The lowest BCUT2D eigenvalue weighted by atomic mass is 9.83. The van der Waals surface area contributed by atoms with E-state index in [2.05, 4.69) is 27.8 Å². The average molecular weight is 471 g/mol. The predicted octanol–water partition coefficient (Wildman–Crippen LogP) is 2.92. The van der Waals surface area contributed by atoms with Gasteiger partial charge in [-0.1, -0.05) is 18.6 Å². The summed E-state index contributed by atoms with van der Waals surface area (Å²) in [6, 6.07) is 0. The molecule has 1 aliphatic carbocycles. The summed E-state index contributed by atoms with van der Waals surface area (Å²) in [4.78, 5) is 26.7. The third-order valence-corrected chi connectivity index (χ3v) is 7.25. The molecule has 0 spiro atoms. The van der Waals surface area contributed by atoms with Crippen molar-refractivity contribution in [1.29, 1.82) is 0 Å². The maximum Gasteiger partial charge on any atom is 0.337 e. The monoisotopic (exact) mass is 470 g/mol. The van der Waals surface area contributed by atoms with E-state index in [1.54, 1.807) is 6.26 Å². The molecular weight excluding hydrogens is 432 g/mol. The Kier molecular flexibility index (Phi) is 8.01. The van der Waals surface area contributed by atoms with Gasteiger partial charge < -0.3 is 14.2 Å². The highest BCUT2D eigenvalue weighted by Crippen LogP contribution is 2.44. The van der Waals surface area contributed by atoms with Gasteiger partial charge in [0, 0.05) is 45.2 Å². The zero-order chi connectivity index (χ0) is 24.2. The minimum atomic E-state index is -0.347. The van der Waals surface area contributed by atoms with Gasteiger partial charge in [-0.15, -0.1) is 0 Å². The van der Waals surface area contributed by atoms with Crippen LogP contribution in [0.2, 0.25) is 0 Å². The van der Waals surface area contributed by atoms with Crippen molar-refractivity contribution in [3.63, 3.8) is 0 Å². The second-order valence-electron chi connectivity index (χ2n) is 9.57. The average Bonchev–Trinajstić information content (AvgIpc) is 3.25. The number of aryl methyl sites for hydroxylation is 3. The lowest BCUT2D eigenvalue weighted by Gasteiger charge is -2.38. The zero-order valence-corrected chi connectivity index (χ0v) is 21.2. The van der Waals surface area contributed by atoms with Crippen molar-refractivity contribution >= 4 is 5.97 Å². The van der Waals surface area contributed by atoms with Crippen LogP contribution in [0.1, 0.15) is 42.5 Å². The Labute approximate surface area is 203 Å². The summed E-state index contributed by atoms with van der Waals surface area (Å²) < 4.78 is 16.9. The molecule has 4 rings (SSSR count). The van der Waals surface area contributed by atoms with Gasteiger partial charge in [0.15, 0.2) is 0 Å². The van der Waals surface area contributed by atoms with Gasteiger partial charge in [-0.05, 0) is 33.6 Å². The molecule has 8 nitrogen and oxygen atoms in total. The topological polar surface area (TPSA) is 77.0 Å². The molecular formula is C26H38N4O4. The SMILES string of the molecule is CCCOC1OC=C(C(=O)OC)C2CC=C(CN3CCN(Cc4nc(C)c(C)nc4C)CC3)C12. The maximum absolute atomic E-state index is 12.3. The molecule has 0 amide bonds. The quantitative estimate of drug-likeness (QED) is 0.424. The Morgan fingerprint density at radius 1 is 1.06 bits per heavy atom. The smallest absolute Gasteiger partial charge is 0.337 e. The molecule has 0 bridgehead atoms. The lowest BCUT2D eigenvalue weighted by Crippen LogP contribution is -2.47. The van der Waals surface area contributed by atoms with E-state index in [4.69, 9.17) is 19.2 Å². The molecule has 3 atom stereocenters. The summed E-state index contributed by atoms with van der Waals surface area (Å²) in [6.07, 6.45) is 5.24. The third kappa shape index (κ3) is 5.34. The molecule has 8 heteroatoms. The number of rotatable bonds is 8. The molecule has 0 N–H and O–H groups in total. The Balaban J connectivity index is 1.36. The van der Waals surface area contributed by atoms with Crippen LogP contribution in [-0.2, 0) is 25.5 Å². The number of aromatic nitrogens is 2. The second kappa shape index (κ2) is 11.0. The van der Waals surface area contributed by atoms with Crippen LogP contribution in [0.3, 0.4) is 0 Å². The van der Waals surface area contributed by atoms with Crippen LogP contribution < -0.4 is 0 Å². The first-order chi connectivity index (χ1) is 16.4. The van der Waals surface area contributed by atoms with Crippen molar-refractivity contribution in [2.75, 3.05) is 46.4 Å². The normalized spacial score (nSPS) is 25.4. The van der Waals surface area contributed by atoms with E-state index < -0.39 is 0 Å². The Bertz CT molecular complexity index is 952. The van der Waals surface area contributed by atoms with Crippen molar-refractivity contribution in [3.05, 3.63) is 46.3 Å². The van der Waals surface area contributed by atoms with Gasteiger partial charge in [-0.25, -0.2) is 4.79 Å². The Morgan fingerprint density at radius 2 is 1.74 bits per heavy atom. The number of piperazine rings is 1. The minimum absolute atomic E-state index is 0.0529. The third-order valence-electron chi connectivity index (χ3n) is 7.25. The van der Waals surface area contributed by atoms with Crippen LogP contribution in [0.25, 0.3) is 0 Å². The number of hydrogen-bond acceptors (Lipinski definition) is 8. The van der Waals surface area contributed by atoms with Gasteiger partial charge in [-0.2, -0.15) is 0 Å². The zero-order valence-electron chi connectivity index (χ0n) is 21.2. The summed E-state index contributed by atoms with van der Waals surface area (Å²) in [5.74, 6) is -0.195. The summed E-state index contributed by atoms with van der Waals surface area (Å²) >= 11 is 0. The van der Waals surface area contributed by atoms with Crippen molar-refractivity contribution < 1.29 is 19.0 Å². The molecule has 3 unspecified atom stereocenters. The number of ether oxygens (including phenoxy) is 3. The first-order valence-electron chi connectivity index (χ1n) is 12.4. The van der Waals surface area contributed by atoms with E-state index in [0.29, 0.717) is 12.2 Å². The molecule has 1 aromatic rings. The summed E-state index contributed by atoms with van der Waals surface area (Å²) in [6.45, 7) is 14.5. The number of allylic oxidation sites excluding steroid dienone is 1. The molecule has 3 aliphatic rings. The van der Waals surface area contributed by atoms with Crippen LogP contribution in [0, 0.1) is 32.6 Å². The van der Waals surface area contributed by atoms with E-state index in [0.717, 1.165) is 74.9 Å². The fourth-order valence-corrected chi connectivity index (χ4v) is 5.17. The largest absolute Gasteiger partial charge is 0.471 e. The number of fused-ring (bicyclic) bond motifs is 1. The van der Waals surface area contributed by atoms with Crippen molar-refractivity contribution in [3.8, 4) is 0 Å². The molecule has 0 saturated carbocycles. The number of esters is 1. The number of hydrogen-bond donors (Lipinski definition) is 0. The van der Waals surface area contributed by atoms with Crippen LogP contribution >= 0.6 is 0 Å². The van der Waals surface area contributed by atoms with E-state index in [1.165, 1.54) is 12.7 Å². The van der Waals surface area contributed by atoms with Gasteiger partial charge in [0.2, 0.25) is 6.29 Å². The van der Waals surface area contributed by atoms with Crippen LogP contribution in [0.15, 0.2) is 23.5 Å². The van der Waals surface area contributed by atoms with E-state index in [9.17, 15) is 4.79 Å². The number of carbonyl (C=O) groups is 1. The summed E-state index contributed by atoms with van der Waals surface area (Å²) in [5, 5.41) is 0. The molecule has 0 radical (unpaired) electrons. The molecule has 1 saturated heterocycles. The fourth-order valence-electron chi connectivity index (χ4n) is 5.17. The molecule has 3 heterocycles. The highest BCUT2D eigenvalue weighted by Gasteiger charge is 2.45. The number of nitrogens with zero attached hydrogens (tertiary/aromatic N) is 4. The minimum Gasteiger partial charge on any atom is -0.471 e. The van der Waals surface area contributed by atoms with Gasteiger partial charge in [0.25, 0.3) is 0 Å². The van der Waals surface area contributed by atoms with Crippen molar-refractivity contribution in [1.82, 2.24) is 19.8 Å². The predicted molar refractivity (Wildman–Crippen MR) is 129 cm³/mol.